The SMILES string of the molecule is CCCCCCCCCC#C[C@@H](CCCCCC)C(O)CCCCCC. The number of rotatable bonds is 18. The maximum absolute atomic E-state index is 10.6. The standard InChI is InChI=1S/C25H48O/c1-4-7-10-13-14-15-16-17-19-22-24(21-18-11-8-5-2)25(26)23-20-12-9-6-3/h24-26H,4-18,20-21,23H2,1-3H3/t24-,25?/m1/s1. The normalized spacial score (nSPS) is 13.2. The van der Waals surface area contributed by atoms with Crippen molar-refractivity contribution in [3.8, 4) is 11.8 Å². The lowest BCUT2D eigenvalue weighted by molar-refractivity contribution is 0.116. The zero-order valence-electron chi connectivity index (χ0n) is 18.3. The molecule has 0 fully saturated rings. The third-order valence-electron chi connectivity index (χ3n) is 5.38. The van der Waals surface area contributed by atoms with Gasteiger partial charge in [-0.05, 0) is 19.3 Å². The molecule has 0 aromatic rings. The van der Waals surface area contributed by atoms with E-state index in [9.17, 15) is 5.11 Å². The van der Waals surface area contributed by atoms with Crippen molar-refractivity contribution in [3.05, 3.63) is 0 Å². The highest BCUT2D eigenvalue weighted by Gasteiger charge is 2.16. The van der Waals surface area contributed by atoms with E-state index in [1.54, 1.807) is 0 Å². The van der Waals surface area contributed by atoms with E-state index in [0.717, 1.165) is 25.7 Å². The minimum atomic E-state index is -0.213. The molecule has 0 aliphatic rings. The van der Waals surface area contributed by atoms with Crippen LogP contribution < -0.4 is 0 Å². The molecule has 0 saturated carbocycles. The molecule has 0 radical (unpaired) electrons. The first-order valence-electron chi connectivity index (χ1n) is 11.9. The highest BCUT2D eigenvalue weighted by atomic mass is 16.3. The molecule has 0 saturated heterocycles. The summed E-state index contributed by atoms with van der Waals surface area (Å²) in [7, 11) is 0. The van der Waals surface area contributed by atoms with Crippen molar-refractivity contribution in [3.63, 3.8) is 0 Å². The second kappa shape index (κ2) is 20.8. The summed E-state index contributed by atoms with van der Waals surface area (Å²) in [5, 5.41) is 10.6. The Morgan fingerprint density at radius 2 is 1.04 bits per heavy atom. The third kappa shape index (κ3) is 17.0. The molecule has 0 aromatic heterocycles. The largest absolute Gasteiger partial charge is 0.392 e. The Labute approximate surface area is 165 Å². The van der Waals surface area contributed by atoms with Gasteiger partial charge in [0.15, 0.2) is 0 Å². The topological polar surface area (TPSA) is 20.2 Å². The van der Waals surface area contributed by atoms with Crippen LogP contribution in [0.4, 0.5) is 0 Å². The molecule has 1 N–H and O–H groups in total. The van der Waals surface area contributed by atoms with E-state index >= 15 is 0 Å². The molecule has 0 aliphatic carbocycles. The summed E-state index contributed by atoms with van der Waals surface area (Å²) in [6.07, 6.45) is 22.3. The average Bonchev–Trinajstić information content (AvgIpc) is 2.65. The molecule has 0 aromatic carbocycles. The minimum absolute atomic E-state index is 0.207. The van der Waals surface area contributed by atoms with E-state index in [-0.39, 0.29) is 12.0 Å². The number of aliphatic hydroxyl groups excluding tert-OH is 1. The van der Waals surface area contributed by atoms with Crippen LogP contribution in [0.2, 0.25) is 0 Å². The molecule has 0 heterocycles. The first-order valence-corrected chi connectivity index (χ1v) is 11.9. The zero-order valence-corrected chi connectivity index (χ0v) is 18.3. The van der Waals surface area contributed by atoms with Crippen molar-refractivity contribution in [1.29, 1.82) is 0 Å². The Kier molecular flexibility index (Phi) is 20.4. The van der Waals surface area contributed by atoms with Crippen molar-refractivity contribution in [2.24, 2.45) is 5.92 Å². The molecule has 0 aliphatic heterocycles. The van der Waals surface area contributed by atoms with E-state index in [4.69, 9.17) is 0 Å². The molecule has 0 amide bonds. The van der Waals surface area contributed by atoms with Crippen LogP contribution in [0.25, 0.3) is 0 Å². The first kappa shape index (κ1) is 25.5. The van der Waals surface area contributed by atoms with Crippen LogP contribution in [0, 0.1) is 17.8 Å². The fourth-order valence-electron chi connectivity index (χ4n) is 3.51. The molecule has 0 rings (SSSR count). The minimum Gasteiger partial charge on any atom is -0.392 e. The Morgan fingerprint density at radius 3 is 1.62 bits per heavy atom. The van der Waals surface area contributed by atoms with E-state index < -0.39 is 0 Å². The molecule has 1 heteroatoms. The number of hydrogen-bond donors (Lipinski definition) is 1. The highest BCUT2D eigenvalue weighted by Crippen LogP contribution is 2.19. The van der Waals surface area contributed by atoms with Crippen LogP contribution in [0.1, 0.15) is 136 Å². The fourth-order valence-corrected chi connectivity index (χ4v) is 3.51. The monoisotopic (exact) mass is 364 g/mol. The lowest BCUT2D eigenvalue weighted by Gasteiger charge is -2.18. The van der Waals surface area contributed by atoms with E-state index in [1.165, 1.54) is 89.9 Å². The second-order valence-electron chi connectivity index (χ2n) is 8.06. The predicted molar refractivity (Wildman–Crippen MR) is 117 cm³/mol. The van der Waals surface area contributed by atoms with Gasteiger partial charge in [0.05, 0.1) is 6.10 Å². The summed E-state index contributed by atoms with van der Waals surface area (Å²) in [5.41, 5.74) is 0. The van der Waals surface area contributed by atoms with Gasteiger partial charge >= 0.3 is 0 Å². The quantitative estimate of drug-likeness (QED) is 0.193. The van der Waals surface area contributed by atoms with Crippen molar-refractivity contribution in [2.75, 3.05) is 0 Å². The van der Waals surface area contributed by atoms with E-state index in [1.807, 2.05) is 0 Å². The number of aliphatic hydroxyl groups is 1. The molecular formula is C25H48O. The molecule has 1 unspecified atom stereocenters. The van der Waals surface area contributed by atoms with Crippen LogP contribution >= 0.6 is 0 Å². The first-order chi connectivity index (χ1) is 12.8. The van der Waals surface area contributed by atoms with Gasteiger partial charge in [-0.1, -0.05) is 117 Å². The molecule has 2 atom stereocenters. The number of unbranched alkanes of at least 4 members (excludes halogenated alkanes) is 13. The molecule has 0 bridgehead atoms. The predicted octanol–water partition coefficient (Wildman–Crippen LogP) is 8.05. The van der Waals surface area contributed by atoms with Gasteiger partial charge in [0.1, 0.15) is 0 Å². The third-order valence-corrected chi connectivity index (χ3v) is 5.38. The van der Waals surface area contributed by atoms with Crippen LogP contribution in [0.3, 0.4) is 0 Å². The van der Waals surface area contributed by atoms with Gasteiger partial charge in [-0.3, -0.25) is 0 Å². The molecule has 0 spiro atoms. The van der Waals surface area contributed by atoms with Crippen molar-refractivity contribution in [2.45, 2.75) is 142 Å². The van der Waals surface area contributed by atoms with Gasteiger partial charge in [-0.25, -0.2) is 0 Å². The van der Waals surface area contributed by atoms with Gasteiger partial charge in [-0.2, -0.15) is 0 Å². The summed E-state index contributed by atoms with van der Waals surface area (Å²) >= 11 is 0. The average molecular weight is 365 g/mol. The Morgan fingerprint density at radius 1 is 0.577 bits per heavy atom. The fraction of sp³-hybridized carbons (Fsp3) is 0.920. The van der Waals surface area contributed by atoms with Crippen LogP contribution in [-0.2, 0) is 0 Å². The Balaban J connectivity index is 4.08. The van der Waals surface area contributed by atoms with Crippen LogP contribution in [0.5, 0.6) is 0 Å². The Bertz CT molecular complexity index is 325. The van der Waals surface area contributed by atoms with E-state index in [2.05, 4.69) is 32.6 Å². The van der Waals surface area contributed by atoms with Crippen molar-refractivity contribution in [1.82, 2.24) is 0 Å². The summed E-state index contributed by atoms with van der Waals surface area (Å²) in [6, 6.07) is 0. The van der Waals surface area contributed by atoms with E-state index in [0.29, 0.717) is 0 Å². The van der Waals surface area contributed by atoms with Gasteiger partial charge < -0.3 is 5.11 Å². The second-order valence-corrected chi connectivity index (χ2v) is 8.06. The summed E-state index contributed by atoms with van der Waals surface area (Å²) < 4.78 is 0. The molecule has 1 nitrogen and oxygen atoms in total. The summed E-state index contributed by atoms with van der Waals surface area (Å²) in [6.45, 7) is 6.76. The molecular weight excluding hydrogens is 316 g/mol. The van der Waals surface area contributed by atoms with Crippen molar-refractivity contribution >= 4 is 0 Å². The lowest BCUT2D eigenvalue weighted by atomic mass is 9.92. The number of hydrogen-bond acceptors (Lipinski definition) is 1. The van der Waals surface area contributed by atoms with Gasteiger partial charge in [0, 0.05) is 12.3 Å². The van der Waals surface area contributed by atoms with Gasteiger partial charge in [-0.15, -0.1) is 5.92 Å². The summed E-state index contributed by atoms with van der Waals surface area (Å²) in [5.74, 6) is 7.06. The van der Waals surface area contributed by atoms with Crippen LogP contribution in [-0.4, -0.2) is 11.2 Å². The molecule has 154 valence electrons. The molecule has 26 heavy (non-hydrogen) atoms. The van der Waals surface area contributed by atoms with Crippen LogP contribution in [0.15, 0.2) is 0 Å². The maximum Gasteiger partial charge on any atom is 0.0677 e. The highest BCUT2D eigenvalue weighted by molar-refractivity contribution is 5.05. The lowest BCUT2D eigenvalue weighted by Crippen LogP contribution is -2.19. The maximum atomic E-state index is 10.6. The van der Waals surface area contributed by atoms with Crippen molar-refractivity contribution < 1.29 is 5.11 Å². The summed E-state index contributed by atoms with van der Waals surface area (Å²) in [4.78, 5) is 0. The Hall–Kier alpha value is -0.480. The zero-order chi connectivity index (χ0) is 19.3. The van der Waals surface area contributed by atoms with Gasteiger partial charge in [0.2, 0.25) is 0 Å². The van der Waals surface area contributed by atoms with Gasteiger partial charge in [0.25, 0.3) is 0 Å². The smallest absolute Gasteiger partial charge is 0.0677 e.